The van der Waals surface area contributed by atoms with Crippen LogP contribution in [0.2, 0.25) is 0 Å². The molecule has 4 aromatic rings. The molecule has 50 heavy (non-hydrogen) atoms. The highest BCUT2D eigenvalue weighted by molar-refractivity contribution is 6.35. The zero-order valence-electron chi connectivity index (χ0n) is 29.9. The lowest BCUT2D eigenvalue weighted by Crippen LogP contribution is -2.60. The molecule has 0 bridgehead atoms. The van der Waals surface area contributed by atoms with E-state index in [0.717, 1.165) is 0 Å². The Morgan fingerprint density at radius 3 is 0.900 bits per heavy atom. The van der Waals surface area contributed by atoms with Gasteiger partial charge in [-0.1, -0.05) is 100 Å². The molecule has 266 valence electrons. The van der Waals surface area contributed by atoms with Crippen LogP contribution in [-0.2, 0) is 20.8 Å². The first kappa shape index (κ1) is 37.8. The van der Waals surface area contributed by atoms with Gasteiger partial charge in [0.15, 0.2) is 0 Å². The second-order valence-electron chi connectivity index (χ2n) is 12.7. The molecule has 2 atom stereocenters. The lowest BCUT2D eigenvalue weighted by molar-refractivity contribution is -0.143. The summed E-state index contributed by atoms with van der Waals surface area (Å²) in [5.74, 6) is -1.33. The van der Waals surface area contributed by atoms with Gasteiger partial charge in [-0.05, 0) is 36.1 Å². The molecule has 0 aliphatic rings. The van der Waals surface area contributed by atoms with Crippen LogP contribution in [0, 0.1) is 11.8 Å². The SMILES string of the molecule is COc1ccccc1C(O)(c1ccccc1OC)C(NC(=O)C(=O)NC(C(C)C)C(O)(c1ccccc1OC)c1ccccc1OC)C(C)C. The topological polar surface area (TPSA) is 136 Å². The molecule has 0 radical (unpaired) electrons. The van der Waals surface area contributed by atoms with Crippen LogP contribution in [0.5, 0.6) is 23.0 Å². The molecule has 0 saturated carbocycles. The fourth-order valence-corrected chi connectivity index (χ4v) is 6.72. The van der Waals surface area contributed by atoms with Crippen LogP contribution in [0.3, 0.4) is 0 Å². The van der Waals surface area contributed by atoms with Gasteiger partial charge in [0, 0.05) is 22.3 Å². The summed E-state index contributed by atoms with van der Waals surface area (Å²) in [6.07, 6.45) is 0. The first-order chi connectivity index (χ1) is 23.9. The fraction of sp³-hybridized carbons (Fsp3) is 0.350. The number of hydrogen-bond acceptors (Lipinski definition) is 8. The number of methoxy groups -OCH3 is 4. The maximum Gasteiger partial charge on any atom is 0.309 e. The highest BCUT2D eigenvalue weighted by Crippen LogP contribution is 2.45. The molecule has 0 saturated heterocycles. The molecule has 4 rings (SSSR count). The van der Waals surface area contributed by atoms with Crippen molar-refractivity contribution >= 4 is 11.8 Å². The lowest BCUT2D eigenvalue weighted by Gasteiger charge is -2.42. The van der Waals surface area contributed by atoms with Gasteiger partial charge in [0.25, 0.3) is 0 Å². The van der Waals surface area contributed by atoms with Gasteiger partial charge in [-0.15, -0.1) is 0 Å². The second-order valence-corrected chi connectivity index (χ2v) is 12.7. The van der Waals surface area contributed by atoms with E-state index in [0.29, 0.717) is 45.3 Å². The summed E-state index contributed by atoms with van der Waals surface area (Å²) in [5, 5.41) is 31.4. The molecule has 10 nitrogen and oxygen atoms in total. The molecule has 4 aromatic carbocycles. The predicted octanol–water partition coefficient (Wildman–Crippen LogP) is 5.17. The summed E-state index contributed by atoms with van der Waals surface area (Å²) < 4.78 is 22.7. The Morgan fingerprint density at radius 1 is 0.480 bits per heavy atom. The van der Waals surface area contributed by atoms with Crippen molar-refractivity contribution in [3.05, 3.63) is 119 Å². The Labute approximate surface area is 294 Å². The Kier molecular flexibility index (Phi) is 12.2. The van der Waals surface area contributed by atoms with Gasteiger partial charge >= 0.3 is 11.8 Å². The first-order valence-electron chi connectivity index (χ1n) is 16.5. The predicted molar refractivity (Wildman–Crippen MR) is 192 cm³/mol. The summed E-state index contributed by atoms with van der Waals surface area (Å²) in [7, 11) is 5.98. The molecular weight excluding hydrogens is 636 g/mol. The quantitative estimate of drug-likeness (QED) is 0.134. The summed E-state index contributed by atoms with van der Waals surface area (Å²) in [4.78, 5) is 28.1. The Bertz CT molecular complexity index is 1550. The number of hydrogen-bond donors (Lipinski definition) is 4. The van der Waals surface area contributed by atoms with Gasteiger partial charge in [-0.25, -0.2) is 0 Å². The van der Waals surface area contributed by atoms with Crippen molar-refractivity contribution in [3.8, 4) is 23.0 Å². The molecular formula is C40H48N2O8. The summed E-state index contributed by atoms with van der Waals surface area (Å²) in [5.41, 5.74) is -2.37. The molecule has 0 aliphatic carbocycles. The minimum absolute atomic E-state index is 0.369. The highest BCUT2D eigenvalue weighted by Gasteiger charge is 2.49. The van der Waals surface area contributed by atoms with Gasteiger partial charge in [-0.2, -0.15) is 0 Å². The number of nitrogens with one attached hydrogen (secondary N) is 2. The van der Waals surface area contributed by atoms with Crippen LogP contribution in [0.15, 0.2) is 97.1 Å². The maximum absolute atomic E-state index is 14.1. The van der Waals surface area contributed by atoms with Crippen molar-refractivity contribution in [1.29, 1.82) is 0 Å². The molecule has 0 aliphatic heterocycles. The highest BCUT2D eigenvalue weighted by atomic mass is 16.5. The standard InChI is InChI=1S/C40H48N2O8/c1-25(2)35(39(45,27-17-9-13-21-31(27)47-5)28-18-10-14-22-32(28)48-6)41-37(43)38(44)42-36(26(3)4)40(46,29-19-11-15-23-33(29)49-7)30-20-12-16-24-34(30)50-8/h9-26,35-36,45-46H,1-8H3,(H,41,43)(H,42,44). The van der Waals surface area contributed by atoms with Crippen LogP contribution < -0.4 is 29.6 Å². The van der Waals surface area contributed by atoms with Crippen molar-refractivity contribution in [2.24, 2.45) is 11.8 Å². The van der Waals surface area contributed by atoms with E-state index in [-0.39, 0.29) is 0 Å². The monoisotopic (exact) mass is 684 g/mol. The van der Waals surface area contributed by atoms with E-state index >= 15 is 0 Å². The van der Waals surface area contributed by atoms with Crippen molar-refractivity contribution in [1.82, 2.24) is 10.6 Å². The van der Waals surface area contributed by atoms with Crippen LogP contribution in [-0.4, -0.2) is 62.6 Å². The van der Waals surface area contributed by atoms with E-state index in [1.165, 1.54) is 28.4 Å². The van der Waals surface area contributed by atoms with E-state index in [2.05, 4.69) is 10.6 Å². The third-order valence-corrected chi connectivity index (χ3v) is 9.08. The van der Waals surface area contributed by atoms with Crippen molar-refractivity contribution in [2.75, 3.05) is 28.4 Å². The van der Waals surface area contributed by atoms with Gasteiger partial charge < -0.3 is 39.8 Å². The van der Waals surface area contributed by atoms with Crippen molar-refractivity contribution in [3.63, 3.8) is 0 Å². The Balaban J connectivity index is 1.82. The Hall–Kier alpha value is -5.06. The third-order valence-electron chi connectivity index (χ3n) is 9.08. The fourth-order valence-electron chi connectivity index (χ4n) is 6.72. The largest absolute Gasteiger partial charge is 0.496 e. The minimum Gasteiger partial charge on any atom is -0.496 e. The number of ether oxygens (including phenoxy) is 4. The third kappa shape index (κ3) is 7.13. The molecule has 0 spiro atoms. The number of rotatable bonds is 14. The van der Waals surface area contributed by atoms with Crippen LogP contribution in [0.25, 0.3) is 0 Å². The minimum atomic E-state index is -1.92. The van der Waals surface area contributed by atoms with Crippen molar-refractivity contribution in [2.45, 2.75) is 51.0 Å². The lowest BCUT2D eigenvalue weighted by atomic mass is 9.74. The average molecular weight is 685 g/mol. The van der Waals surface area contributed by atoms with Gasteiger partial charge in [0.2, 0.25) is 0 Å². The van der Waals surface area contributed by atoms with E-state index in [9.17, 15) is 19.8 Å². The van der Waals surface area contributed by atoms with Crippen molar-refractivity contribution < 1.29 is 38.7 Å². The van der Waals surface area contributed by atoms with E-state index in [1.807, 2.05) is 27.7 Å². The van der Waals surface area contributed by atoms with Gasteiger partial charge in [0.1, 0.15) is 34.2 Å². The molecule has 0 aromatic heterocycles. The number of carbonyl (C=O) groups is 2. The number of para-hydroxylation sites is 4. The maximum atomic E-state index is 14.1. The Morgan fingerprint density at radius 2 is 0.700 bits per heavy atom. The molecule has 0 fully saturated rings. The molecule has 0 heterocycles. The zero-order chi connectivity index (χ0) is 36.6. The second kappa shape index (κ2) is 16.1. The molecule has 2 unspecified atom stereocenters. The smallest absolute Gasteiger partial charge is 0.309 e. The van der Waals surface area contributed by atoms with E-state index in [1.54, 1.807) is 97.1 Å². The number of benzene rings is 4. The number of carbonyl (C=O) groups excluding carboxylic acids is 2. The summed E-state index contributed by atoms with van der Waals surface area (Å²) >= 11 is 0. The van der Waals surface area contributed by atoms with Gasteiger partial charge in [0.05, 0.1) is 40.5 Å². The normalized spacial score (nSPS) is 13.0. The van der Waals surface area contributed by atoms with Gasteiger partial charge in [-0.3, -0.25) is 9.59 Å². The number of aliphatic hydroxyl groups is 2. The average Bonchev–Trinajstić information content (AvgIpc) is 3.14. The van der Waals surface area contributed by atoms with E-state index < -0.39 is 46.9 Å². The first-order valence-corrected chi connectivity index (χ1v) is 16.5. The van der Waals surface area contributed by atoms with Crippen LogP contribution in [0.1, 0.15) is 49.9 Å². The molecule has 2 amide bonds. The van der Waals surface area contributed by atoms with Crippen LogP contribution in [0.4, 0.5) is 0 Å². The molecule has 10 heteroatoms. The summed E-state index contributed by atoms with van der Waals surface area (Å²) in [6.45, 7) is 7.32. The van der Waals surface area contributed by atoms with E-state index in [4.69, 9.17) is 18.9 Å². The van der Waals surface area contributed by atoms with Crippen LogP contribution >= 0.6 is 0 Å². The molecule has 4 N–H and O–H groups in total. The zero-order valence-corrected chi connectivity index (χ0v) is 29.9. The summed E-state index contributed by atoms with van der Waals surface area (Å²) in [6, 6.07) is 25.7. The number of amides is 2.